The molecule has 3 N–H and O–H groups in total. The molecule has 1 atom stereocenters. The van der Waals surface area contributed by atoms with E-state index in [1.807, 2.05) is 38.1 Å². The molecular formula is C18H20N6O2. The summed E-state index contributed by atoms with van der Waals surface area (Å²) in [5, 5.41) is 7.25. The third-order valence-electron chi connectivity index (χ3n) is 4.70. The molecule has 0 fully saturated rings. The Labute approximate surface area is 150 Å². The molecule has 3 aromatic rings. The van der Waals surface area contributed by atoms with E-state index < -0.39 is 0 Å². The molecule has 2 aromatic heterocycles. The minimum Gasteiger partial charge on any atom is -0.493 e. The molecule has 0 bridgehead atoms. The first-order chi connectivity index (χ1) is 12.5. The average molecular weight is 352 g/mol. The van der Waals surface area contributed by atoms with E-state index in [0.29, 0.717) is 12.4 Å². The van der Waals surface area contributed by atoms with E-state index in [2.05, 4.69) is 20.4 Å². The third kappa shape index (κ3) is 2.83. The number of nitrogens with two attached hydrogens (primary N) is 1. The van der Waals surface area contributed by atoms with Crippen molar-refractivity contribution in [2.75, 3.05) is 12.3 Å². The Morgan fingerprint density at radius 3 is 3.00 bits per heavy atom. The van der Waals surface area contributed by atoms with Crippen molar-refractivity contribution in [3.63, 3.8) is 0 Å². The summed E-state index contributed by atoms with van der Waals surface area (Å²) in [6.07, 6.45) is 0.970. The van der Waals surface area contributed by atoms with Gasteiger partial charge in [0.1, 0.15) is 5.75 Å². The highest BCUT2D eigenvalue weighted by atomic mass is 16.5. The minimum atomic E-state index is -0.0628. The van der Waals surface area contributed by atoms with Crippen molar-refractivity contribution in [3.05, 3.63) is 46.8 Å². The monoisotopic (exact) mass is 352 g/mol. The lowest BCUT2D eigenvalue weighted by Gasteiger charge is -2.26. The third-order valence-corrected chi connectivity index (χ3v) is 4.70. The predicted octanol–water partition coefficient (Wildman–Crippen LogP) is 1.51. The number of nitrogen functional groups attached to an aromatic ring is 1. The van der Waals surface area contributed by atoms with Gasteiger partial charge in [-0.2, -0.15) is 9.50 Å². The van der Waals surface area contributed by atoms with Crippen LogP contribution in [0, 0.1) is 13.8 Å². The fourth-order valence-electron chi connectivity index (χ4n) is 3.38. The molecule has 0 saturated carbocycles. The number of rotatable bonds is 3. The zero-order valence-corrected chi connectivity index (χ0v) is 14.7. The molecule has 0 unspecified atom stereocenters. The van der Waals surface area contributed by atoms with Crippen molar-refractivity contribution < 1.29 is 9.53 Å². The Balaban J connectivity index is 1.57. The highest BCUT2D eigenvalue weighted by Crippen LogP contribution is 2.31. The Bertz CT molecular complexity index is 997. The summed E-state index contributed by atoms with van der Waals surface area (Å²) < 4.78 is 7.23. The molecule has 1 aromatic carbocycles. The van der Waals surface area contributed by atoms with Gasteiger partial charge in [-0.25, -0.2) is 4.98 Å². The van der Waals surface area contributed by atoms with Gasteiger partial charge in [-0.1, -0.05) is 18.2 Å². The first kappa shape index (κ1) is 16.3. The maximum Gasteiger partial charge on any atom is 0.254 e. The summed E-state index contributed by atoms with van der Waals surface area (Å²) >= 11 is 0. The van der Waals surface area contributed by atoms with Crippen molar-refractivity contribution in [1.82, 2.24) is 24.9 Å². The van der Waals surface area contributed by atoms with E-state index in [-0.39, 0.29) is 24.3 Å². The summed E-state index contributed by atoms with van der Waals surface area (Å²) in [5.41, 5.74) is 9.07. The van der Waals surface area contributed by atoms with E-state index in [9.17, 15) is 4.79 Å². The van der Waals surface area contributed by atoms with Gasteiger partial charge in [-0.3, -0.25) is 4.79 Å². The predicted molar refractivity (Wildman–Crippen MR) is 95.8 cm³/mol. The van der Waals surface area contributed by atoms with Gasteiger partial charge >= 0.3 is 0 Å². The summed E-state index contributed by atoms with van der Waals surface area (Å²) in [6, 6.07) is 7.75. The first-order valence-corrected chi connectivity index (χ1v) is 8.52. The molecule has 1 aliphatic rings. The van der Waals surface area contributed by atoms with Crippen LogP contribution >= 0.6 is 0 Å². The molecule has 0 radical (unpaired) electrons. The van der Waals surface area contributed by atoms with Crippen molar-refractivity contribution in [3.8, 4) is 5.75 Å². The second kappa shape index (κ2) is 6.29. The van der Waals surface area contributed by atoms with Crippen molar-refractivity contribution in [1.29, 1.82) is 0 Å². The second-order valence-electron chi connectivity index (χ2n) is 6.41. The Morgan fingerprint density at radius 1 is 1.35 bits per heavy atom. The number of para-hydroxylation sites is 1. The summed E-state index contributed by atoms with van der Waals surface area (Å²) in [4.78, 5) is 21.2. The van der Waals surface area contributed by atoms with Gasteiger partial charge in [0.15, 0.2) is 0 Å². The quantitative estimate of drug-likeness (QED) is 0.740. The number of amides is 1. The second-order valence-corrected chi connectivity index (χ2v) is 6.41. The molecule has 0 spiro atoms. The lowest BCUT2D eigenvalue weighted by Crippen LogP contribution is -2.33. The standard InChI is InChI=1S/C18H20N6O2/c1-10-13(11(2)24-18(20-10)22-17(19)23-24)9-16(25)21-14-7-8-26-15-6-4-3-5-12(14)15/h3-6,14H,7-9H2,1-2H3,(H2,19,23)(H,21,25)/t14-/m0/s1. The summed E-state index contributed by atoms with van der Waals surface area (Å²) in [7, 11) is 0. The number of hydrogen-bond acceptors (Lipinski definition) is 6. The van der Waals surface area contributed by atoms with E-state index in [0.717, 1.165) is 34.7 Å². The smallest absolute Gasteiger partial charge is 0.254 e. The molecule has 3 heterocycles. The normalized spacial score (nSPS) is 16.2. The van der Waals surface area contributed by atoms with Gasteiger partial charge in [0.25, 0.3) is 5.78 Å². The van der Waals surface area contributed by atoms with Gasteiger partial charge in [0, 0.05) is 28.9 Å². The number of aryl methyl sites for hydroxylation is 2. The lowest BCUT2D eigenvalue weighted by molar-refractivity contribution is -0.121. The van der Waals surface area contributed by atoms with Gasteiger partial charge in [-0.05, 0) is 19.9 Å². The molecular weight excluding hydrogens is 332 g/mol. The molecule has 0 aliphatic carbocycles. The fourth-order valence-corrected chi connectivity index (χ4v) is 3.38. The number of hydrogen-bond donors (Lipinski definition) is 2. The van der Waals surface area contributed by atoms with Crippen LogP contribution in [0.25, 0.3) is 5.78 Å². The van der Waals surface area contributed by atoms with Crippen LogP contribution in [0.4, 0.5) is 5.95 Å². The fraction of sp³-hybridized carbons (Fsp3) is 0.333. The number of benzene rings is 1. The number of carbonyl (C=O) groups excluding carboxylic acids is 1. The first-order valence-electron chi connectivity index (χ1n) is 8.52. The van der Waals surface area contributed by atoms with Gasteiger partial charge in [-0.15, -0.1) is 5.10 Å². The van der Waals surface area contributed by atoms with Crippen molar-refractivity contribution in [2.24, 2.45) is 0 Å². The van der Waals surface area contributed by atoms with Gasteiger partial charge in [0.05, 0.1) is 19.1 Å². The Hall–Kier alpha value is -3.16. The van der Waals surface area contributed by atoms with Gasteiger partial charge in [0.2, 0.25) is 11.9 Å². The number of nitrogens with zero attached hydrogens (tertiary/aromatic N) is 4. The Morgan fingerprint density at radius 2 is 2.15 bits per heavy atom. The maximum atomic E-state index is 12.7. The molecule has 134 valence electrons. The SMILES string of the molecule is Cc1nc2nc(N)nn2c(C)c1CC(=O)N[C@H]1CCOc2ccccc21. The van der Waals surface area contributed by atoms with E-state index in [1.165, 1.54) is 0 Å². The van der Waals surface area contributed by atoms with Crippen molar-refractivity contribution >= 4 is 17.6 Å². The van der Waals surface area contributed by atoms with E-state index in [4.69, 9.17) is 10.5 Å². The highest BCUT2D eigenvalue weighted by molar-refractivity contribution is 5.79. The van der Waals surface area contributed by atoms with Crippen LogP contribution in [0.1, 0.15) is 35.0 Å². The lowest BCUT2D eigenvalue weighted by atomic mass is 10.00. The summed E-state index contributed by atoms with van der Waals surface area (Å²) in [6.45, 7) is 4.35. The van der Waals surface area contributed by atoms with Crippen LogP contribution in [0.3, 0.4) is 0 Å². The number of aromatic nitrogens is 4. The summed E-state index contributed by atoms with van der Waals surface area (Å²) in [5.74, 6) is 1.38. The minimum absolute atomic E-state index is 0.0493. The zero-order chi connectivity index (χ0) is 18.3. The highest BCUT2D eigenvalue weighted by Gasteiger charge is 2.23. The molecule has 8 nitrogen and oxygen atoms in total. The molecule has 1 amide bonds. The van der Waals surface area contributed by atoms with Crippen LogP contribution in [0.2, 0.25) is 0 Å². The Kier molecular flexibility index (Phi) is 3.95. The molecule has 8 heteroatoms. The largest absolute Gasteiger partial charge is 0.493 e. The topological polar surface area (TPSA) is 107 Å². The number of ether oxygens (including phenoxy) is 1. The maximum absolute atomic E-state index is 12.7. The molecule has 26 heavy (non-hydrogen) atoms. The van der Waals surface area contributed by atoms with Crippen LogP contribution in [-0.2, 0) is 11.2 Å². The van der Waals surface area contributed by atoms with Crippen LogP contribution in [0.5, 0.6) is 5.75 Å². The van der Waals surface area contributed by atoms with Crippen molar-refractivity contribution in [2.45, 2.75) is 32.7 Å². The zero-order valence-electron chi connectivity index (χ0n) is 14.7. The average Bonchev–Trinajstić information content (AvgIpc) is 2.99. The van der Waals surface area contributed by atoms with Crippen LogP contribution < -0.4 is 15.8 Å². The van der Waals surface area contributed by atoms with Crippen LogP contribution in [-0.4, -0.2) is 32.1 Å². The van der Waals surface area contributed by atoms with E-state index >= 15 is 0 Å². The number of fused-ring (bicyclic) bond motifs is 2. The van der Waals surface area contributed by atoms with Crippen LogP contribution in [0.15, 0.2) is 24.3 Å². The number of nitrogens with one attached hydrogen (secondary N) is 1. The molecule has 1 aliphatic heterocycles. The molecule has 0 saturated heterocycles. The number of anilines is 1. The van der Waals surface area contributed by atoms with E-state index in [1.54, 1.807) is 4.52 Å². The molecule has 4 rings (SSSR count). The van der Waals surface area contributed by atoms with Gasteiger partial charge < -0.3 is 15.8 Å². The number of carbonyl (C=O) groups is 1.